The average molecular weight is 248 g/mol. The van der Waals surface area contributed by atoms with E-state index in [-0.39, 0.29) is 11.4 Å². The maximum absolute atomic E-state index is 11.1. The monoisotopic (exact) mass is 248 g/mol. The lowest BCUT2D eigenvalue weighted by atomic mass is 10.2. The van der Waals surface area contributed by atoms with Gasteiger partial charge in [-0.25, -0.2) is 4.68 Å². The van der Waals surface area contributed by atoms with E-state index in [1.165, 1.54) is 10.7 Å². The fraction of sp³-hybridized carbons (Fsp3) is 0.0909. The Kier molecular flexibility index (Phi) is 2.97. The van der Waals surface area contributed by atoms with Gasteiger partial charge in [0.15, 0.2) is 5.11 Å². The zero-order valence-corrected chi connectivity index (χ0v) is 10.0. The van der Waals surface area contributed by atoms with Crippen molar-refractivity contribution in [2.45, 2.75) is 6.92 Å². The van der Waals surface area contributed by atoms with E-state index in [0.29, 0.717) is 5.11 Å². The van der Waals surface area contributed by atoms with Crippen molar-refractivity contribution < 1.29 is 0 Å². The van der Waals surface area contributed by atoms with Gasteiger partial charge in [-0.3, -0.25) is 9.89 Å². The van der Waals surface area contributed by atoms with Crippen LogP contribution in [0.3, 0.4) is 0 Å². The largest absolute Gasteiger partial charge is 0.383 e. The number of nitrogen functional groups attached to an aromatic ring is 1. The number of H-pyrrole nitrogens is 1. The molecule has 0 unspecified atom stereocenters. The first-order chi connectivity index (χ1) is 8.06. The number of thiocarbonyl (C=S) groups is 1. The lowest BCUT2D eigenvalue weighted by Crippen LogP contribution is -2.23. The van der Waals surface area contributed by atoms with Crippen LogP contribution in [0, 0.1) is 6.92 Å². The Hall–Kier alpha value is -2.08. The second-order valence-corrected chi connectivity index (χ2v) is 4.06. The number of nitrogens with two attached hydrogens (primary N) is 1. The topological polar surface area (TPSA) is 75.8 Å². The Morgan fingerprint density at radius 2 is 2.06 bits per heavy atom. The molecule has 0 saturated carbocycles. The first-order valence-corrected chi connectivity index (χ1v) is 5.42. The molecule has 0 aliphatic carbocycles. The highest BCUT2D eigenvalue weighted by Crippen LogP contribution is 2.09. The first-order valence-electron chi connectivity index (χ1n) is 5.02. The lowest BCUT2D eigenvalue weighted by Gasteiger charge is -2.09. The molecule has 0 spiro atoms. The van der Waals surface area contributed by atoms with Crippen LogP contribution in [-0.2, 0) is 0 Å². The molecule has 1 aromatic carbocycles. The fourth-order valence-electron chi connectivity index (χ4n) is 1.39. The van der Waals surface area contributed by atoms with Gasteiger partial charge in [-0.05, 0) is 31.3 Å². The molecular formula is C11H12N4OS. The zero-order valence-electron chi connectivity index (χ0n) is 9.23. The van der Waals surface area contributed by atoms with Crippen LogP contribution in [-0.4, -0.2) is 14.9 Å². The van der Waals surface area contributed by atoms with E-state index in [0.717, 1.165) is 11.3 Å². The zero-order chi connectivity index (χ0) is 12.4. The van der Waals surface area contributed by atoms with Gasteiger partial charge in [-0.15, -0.1) is 0 Å². The quantitative estimate of drug-likeness (QED) is 0.665. The Morgan fingerprint density at radius 1 is 1.41 bits per heavy atom. The van der Waals surface area contributed by atoms with Crippen molar-refractivity contribution in [2.24, 2.45) is 0 Å². The number of benzene rings is 1. The van der Waals surface area contributed by atoms with Crippen LogP contribution in [0.15, 0.2) is 35.1 Å². The van der Waals surface area contributed by atoms with Gasteiger partial charge in [0.05, 0.1) is 0 Å². The Bertz CT molecular complexity index is 597. The number of aromatic amines is 1. The van der Waals surface area contributed by atoms with Crippen molar-refractivity contribution in [1.29, 1.82) is 0 Å². The summed E-state index contributed by atoms with van der Waals surface area (Å²) in [6.07, 6.45) is 0. The predicted octanol–water partition coefficient (Wildman–Crippen LogP) is 1.31. The second-order valence-electron chi connectivity index (χ2n) is 3.68. The highest BCUT2D eigenvalue weighted by atomic mass is 32.1. The fourth-order valence-corrected chi connectivity index (χ4v) is 1.66. The molecule has 1 aromatic heterocycles. The molecule has 88 valence electrons. The number of aryl methyl sites for hydroxylation is 1. The first kappa shape index (κ1) is 11.4. The van der Waals surface area contributed by atoms with Crippen LogP contribution >= 0.6 is 12.2 Å². The average Bonchev–Trinajstić information content (AvgIpc) is 2.61. The maximum atomic E-state index is 11.1. The third-order valence-electron chi connectivity index (χ3n) is 2.27. The van der Waals surface area contributed by atoms with Crippen LogP contribution in [0.5, 0.6) is 0 Å². The minimum atomic E-state index is -0.282. The summed E-state index contributed by atoms with van der Waals surface area (Å²) in [5, 5.41) is 5.82. The van der Waals surface area contributed by atoms with Crippen molar-refractivity contribution in [3.63, 3.8) is 0 Å². The minimum absolute atomic E-state index is 0.277. The molecule has 17 heavy (non-hydrogen) atoms. The Morgan fingerprint density at radius 3 is 2.59 bits per heavy atom. The molecule has 0 radical (unpaired) electrons. The third kappa shape index (κ3) is 2.54. The van der Waals surface area contributed by atoms with Crippen LogP contribution < -0.4 is 16.6 Å². The number of hydrogen-bond donors (Lipinski definition) is 3. The number of aromatic nitrogens is 2. The summed E-state index contributed by atoms with van der Waals surface area (Å²) in [4.78, 5) is 11.1. The van der Waals surface area contributed by atoms with Crippen LogP contribution in [0.4, 0.5) is 11.5 Å². The number of hydrogen-bond acceptors (Lipinski definition) is 3. The van der Waals surface area contributed by atoms with Crippen LogP contribution in [0.1, 0.15) is 5.56 Å². The SMILES string of the molecule is Cc1ccc(NC(=S)n2[nH]c(=O)cc2N)cc1. The van der Waals surface area contributed by atoms with Gasteiger partial charge in [0.2, 0.25) is 0 Å². The standard InChI is InChI=1S/C11H12N4OS/c1-7-2-4-8(5-3-7)13-11(17)15-9(12)6-10(16)14-15/h2-6H,12H2,1H3,(H,13,17)(H,14,16). The summed E-state index contributed by atoms with van der Waals surface area (Å²) in [5.74, 6) is 0.277. The van der Waals surface area contributed by atoms with E-state index >= 15 is 0 Å². The minimum Gasteiger partial charge on any atom is -0.383 e. The van der Waals surface area contributed by atoms with Crippen molar-refractivity contribution >= 4 is 28.8 Å². The summed E-state index contributed by atoms with van der Waals surface area (Å²) in [5.41, 5.74) is 7.35. The van der Waals surface area contributed by atoms with Crippen molar-refractivity contribution in [3.8, 4) is 0 Å². The molecule has 6 heteroatoms. The Balaban J connectivity index is 2.20. The highest BCUT2D eigenvalue weighted by Gasteiger charge is 2.05. The lowest BCUT2D eigenvalue weighted by molar-refractivity contribution is 0.935. The van der Waals surface area contributed by atoms with Gasteiger partial charge >= 0.3 is 0 Å². The van der Waals surface area contributed by atoms with Crippen molar-refractivity contribution in [1.82, 2.24) is 9.78 Å². The molecule has 0 fully saturated rings. The molecule has 0 bridgehead atoms. The van der Waals surface area contributed by atoms with Crippen molar-refractivity contribution in [2.75, 3.05) is 11.1 Å². The smallest absolute Gasteiger partial charge is 0.266 e. The predicted molar refractivity (Wildman–Crippen MR) is 72.3 cm³/mol. The summed E-state index contributed by atoms with van der Waals surface area (Å²) in [7, 11) is 0. The molecule has 0 saturated heterocycles. The van der Waals surface area contributed by atoms with Gasteiger partial charge in [-0.1, -0.05) is 17.7 Å². The van der Waals surface area contributed by atoms with Crippen LogP contribution in [0.25, 0.3) is 0 Å². The normalized spacial score (nSPS) is 10.2. The number of nitrogens with one attached hydrogen (secondary N) is 2. The molecular weight excluding hydrogens is 236 g/mol. The summed E-state index contributed by atoms with van der Waals surface area (Å²) >= 11 is 5.14. The molecule has 5 nitrogen and oxygen atoms in total. The number of nitrogens with zero attached hydrogens (tertiary/aromatic N) is 1. The summed E-state index contributed by atoms with van der Waals surface area (Å²) in [6.45, 7) is 2.00. The molecule has 4 N–H and O–H groups in total. The van der Waals surface area contributed by atoms with Gasteiger partial charge in [0.25, 0.3) is 5.56 Å². The maximum Gasteiger partial charge on any atom is 0.266 e. The van der Waals surface area contributed by atoms with Gasteiger partial charge in [0, 0.05) is 11.8 Å². The van der Waals surface area contributed by atoms with E-state index < -0.39 is 0 Å². The van der Waals surface area contributed by atoms with Crippen LogP contribution in [0.2, 0.25) is 0 Å². The van der Waals surface area contributed by atoms with E-state index in [1.54, 1.807) is 0 Å². The van der Waals surface area contributed by atoms with Gasteiger partial charge in [0.1, 0.15) is 5.82 Å². The van der Waals surface area contributed by atoms with Gasteiger partial charge in [-0.2, -0.15) is 0 Å². The third-order valence-corrected chi connectivity index (χ3v) is 2.55. The van der Waals surface area contributed by atoms with E-state index in [1.807, 2.05) is 31.2 Å². The molecule has 0 amide bonds. The molecule has 0 atom stereocenters. The molecule has 2 rings (SSSR count). The Labute approximate surface area is 103 Å². The summed E-state index contributed by atoms with van der Waals surface area (Å²) in [6, 6.07) is 9.02. The van der Waals surface area contributed by atoms with E-state index in [9.17, 15) is 4.79 Å². The molecule has 1 heterocycles. The van der Waals surface area contributed by atoms with Gasteiger partial charge < -0.3 is 11.1 Å². The summed E-state index contributed by atoms with van der Waals surface area (Å²) < 4.78 is 1.33. The highest BCUT2D eigenvalue weighted by molar-refractivity contribution is 7.80. The number of anilines is 2. The molecule has 2 aromatic rings. The molecule has 0 aliphatic heterocycles. The van der Waals surface area contributed by atoms with E-state index in [4.69, 9.17) is 18.0 Å². The van der Waals surface area contributed by atoms with E-state index in [2.05, 4.69) is 10.4 Å². The second kappa shape index (κ2) is 4.42. The van der Waals surface area contributed by atoms with Crippen molar-refractivity contribution in [3.05, 3.63) is 46.2 Å². The number of rotatable bonds is 1. The molecule has 0 aliphatic rings.